The maximum Gasteiger partial charge on any atom is 0.260 e. The second-order valence-electron chi connectivity index (χ2n) is 5.22. The fourth-order valence-electron chi connectivity index (χ4n) is 2.18. The number of primary amides is 1. The van der Waals surface area contributed by atoms with E-state index in [2.05, 4.69) is 17.3 Å². The lowest BCUT2D eigenvalue weighted by Gasteiger charge is -2.06. The highest BCUT2D eigenvalue weighted by Crippen LogP contribution is 2.22. The third-order valence-corrected chi connectivity index (χ3v) is 3.83. The summed E-state index contributed by atoms with van der Waals surface area (Å²) in [5.74, 6) is -0.846. The lowest BCUT2D eigenvalue weighted by molar-refractivity contribution is 0.0998. The molecule has 0 unspecified atom stereocenters. The lowest BCUT2D eigenvalue weighted by Crippen LogP contribution is -2.14. The molecular formula is C16H19ClN4O2. The number of unbranched alkanes of at least 4 members (excludes halogenated alkanes) is 1. The van der Waals surface area contributed by atoms with Crippen LogP contribution in [0.1, 0.15) is 46.2 Å². The largest absolute Gasteiger partial charge is 0.366 e. The Balaban J connectivity index is 2.17. The monoisotopic (exact) mass is 334 g/mol. The Bertz CT molecular complexity index is 722. The van der Waals surface area contributed by atoms with Gasteiger partial charge in [0.2, 0.25) is 5.91 Å². The molecule has 0 fully saturated rings. The van der Waals surface area contributed by atoms with Crippen LogP contribution in [0.15, 0.2) is 24.3 Å². The van der Waals surface area contributed by atoms with Crippen LogP contribution in [0.4, 0.5) is 5.69 Å². The van der Waals surface area contributed by atoms with Crippen LogP contribution >= 0.6 is 11.6 Å². The van der Waals surface area contributed by atoms with Crippen molar-refractivity contribution < 1.29 is 9.59 Å². The minimum absolute atomic E-state index is 0.331. The Morgan fingerprint density at radius 1 is 1.30 bits per heavy atom. The molecule has 0 spiro atoms. The Kier molecular flexibility index (Phi) is 5.39. The summed E-state index contributed by atoms with van der Waals surface area (Å²) >= 11 is 6.27. The van der Waals surface area contributed by atoms with E-state index in [9.17, 15) is 9.59 Å². The molecule has 23 heavy (non-hydrogen) atoms. The quantitative estimate of drug-likeness (QED) is 0.850. The topological polar surface area (TPSA) is 90.0 Å². The van der Waals surface area contributed by atoms with Crippen molar-refractivity contribution in [2.24, 2.45) is 5.73 Å². The van der Waals surface area contributed by atoms with E-state index in [1.54, 1.807) is 35.9 Å². The molecule has 0 saturated heterocycles. The highest BCUT2D eigenvalue weighted by molar-refractivity contribution is 6.33. The number of carbonyl (C=O) groups is 2. The first kappa shape index (κ1) is 17.0. The third-order valence-electron chi connectivity index (χ3n) is 3.44. The van der Waals surface area contributed by atoms with Gasteiger partial charge in [0.1, 0.15) is 5.15 Å². The van der Waals surface area contributed by atoms with Crippen molar-refractivity contribution >= 4 is 29.1 Å². The molecule has 0 saturated carbocycles. The standard InChI is InChI=1S/C16H19ClN4O2/c1-3-4-9-21-14(17)13(10(2)20-21)16(23)19-12-7-5-11(6-8-12)15(18)22/h5-8H,3-4,9H2,1-2H3,(H2,18,22)(H,19,23). The summed E-state index contributed by atoms with van der Waals surface area (Å²) in [4.78, 5) is 23.5. The summed E-state index contributed by atoms with van der Waals surface area (Å²) in [6.45, 7) is 4.50. The number of amides is 2. The van der Waals surface area contributed by atoms with Gasteiger partial charge in [-0.05, 0) is 37.6 Å². The van der Waals surface area contributed by atoms with Gasteiger partial charge in [0.25, 0.3) is 5.91 Å². The normalized spacial score (nSPS) is 10.6. The van der Waals surface area contributed by atoms with Crippen LogP contribution in [-0.2, 0) is 6.54 Å². The van der Waals surface area contributed by atoms with Crippen LogP contribution in [0.3, 0.4) is 0 Å². The fraction of sp³-hybridized carbons (Fsp3) is 0.312. The lowest BCUT2D eigenvalue weighted by atomic mass is 10.2. The van der Waals surface area contributed by atoms with E-state index in [1.807, 2.05) is 0 Å². The maximum absolute atomic E-state index is 12.4. The van der Waals surface area contributed by atoms with E-state index >= 15 is 0 Å². The van der Waals surface area contributed by atoms with E-state index in [0.717, 1.165) is 12.8 Å². The number of nitrogens with zero attached hydrogens (tertiary/aromatic N) is 2. The molecule has 0 aliphatic rings. The van der Waals surface area contributed by atoms with Crippen molar-refractivity contribution in [3.05, 3.63) is 46.2 Å². The number of carbonyl (C=O) groups excluding carboxylic acids is 2. The average molecular weight is 335 g/mol. The molecule has 0 aliphatic carbocycles. The zero-order chi connectivity index (χ0) is 17.0. The molecule has 122 valence electrons. The van der Waals surface area contributed by atoms with Gasteiger partial charge < -0.3 is 11.1 Å². The van der Waals surface area contributed by atoms with Gasteiger partial charge in [-0.1, -0.05) is 24.9 Å². The average Bonchev–Trinajstić information content (AvgIpc) is 2.79. The summed E-state index contributed by atoms with van der Waals surface area (Å²) in [5.41, 5.74) is 7.06. The zero-order valence-electron chi connectivity index (χ0n) is 13.1. The Morgan fingerprint density at radius 2 is 1.96 bits per heavy atom. The molecule has 2 aromatic rings. The molecule has 2 amide bonds. The van der Waals surface area contributed by atoms with Gasteiger partial charge in [0.15, 0.2) is 0 Å². The van der Waals surface area contributed by atoms with Crippen molar-refractivity contribution in [3.63, 3.8) is 0 Å². The second kappa shape index (κ2) is 7.28. The molecule has 1 heterocycles. The first-order valence-corrected chi connectivity index (χ1v) is 7.76. The van der Waals surface area contributed by atoms with Crippen molar-refractivity contribution in [2.75, 3.05) is 5.32 Å². The number of halogens is 1. The fourth-order valence-corrected chi connectivity index (χ4v) is 2.52. The van der Waals surface area contributed by atoms with Gasteiger partial charge in [-0.3, -0.25) is 14.3 Å². The van der Waals surface area contributed by atoms with Gasteiger partial charge in [-0.2, -0.15) is 5.10 Å². The molecule has 1 aromatic heterocycles. The number of hydrogen-bond donors (Lipinski definition) is 2. The van der Waals surface area contributed by atoms with Crippen LogP contribution in [0.25, 0.3) is 0 Å². The first-order chi connectivity index (χ1) is 10.9. The molecule has 0 bridgehead atoms. The van der Waals surface area contributed by atoms with Gasteiger partial charge in [-0.15, -0.1) is 0 Å². The molecule has 6 nitrogen and oxygen atoms in total. The number of benzene rings is 1. The van der Waals surface area contributed by atoms with E-state index in [1.165, 1.54) is 0 Å². The van der Waals surface area contributed by atoms with E-state index < -0.39 is 5.91 Å². The Labute approximate surface area is 139 Å². The summed E-state index contributed by atoms with van der Waals surface area (Å²) in [5, 5.41) is 7.39. The minimum Gasteiger partial charge on any atom is -0.366 e. The molecule has 0 aliphatic heterocycles. The number of anilines is 1. The molecular weight excluding hydrogens is 316 g/mol. The van der Waals surface area contributed by atoms with Crippen LogP contribution < -0.4 is 11.1 Å². The van der Waals surface area contributed by atoms with Crippen LogP contribution in [0, 0.1) is 6.92 Å². The summed E-state index contributed by atoms with van der Waals surface area (Å²) < 4.78 is 1.64. The highest BCUT2D eigenvalue weighted by Gasteiger charge is 2.20. The number of aryl methyl sites for hydroxylation is 2. The number of rotatable bonds is 6. The predicted molar refractivity (Wildman–Crippen MR) is 89.8 cm³/mol. The van der Waals surface area contributed by atoms with Crippen molar-refractivity contribution in [1.29, 1.82) is 0 Å². The van der Waals surface area contributed by atoms with Crippen molar-refractivity contribution in [1.82, 2.24) is 9.78 Å². The van der Waals surface area contributed by atoms with E-state index in [0.29, 0.717) is 34.2 Å². The molecule has 2 rings (SSSR count). The molecule has 3 N–H and O–H groups in total. The van der Waals surface area contributed by atoms with Crippen LogP contribution in [0.5, 0.6) is 0 Å². The summed E-state index contributed by atoms with van der Waals surface area (Å²) in [6.07, 6.45) is 1.96. The minimum atomic E-state index is -0.515. The highest BCUT2D eigenvalue weighted by atomic mass is 35.5. The number of nitrogens with one attached hydrogen (secondary N) is 1. The number of aromatic nitrogens is 2. The van der Waals surface area contributed by atoms with Gasteiger partial charge in [0, 0.05) is 17.8 Å². The molecule has 0 atom stereocenters. The third kappa shape index (κ3) is 3.90. The second-order valence-corrected chi connectivity index (χ2v) is 5.58. The molecule has 1 aromatic carbocycles. The van der Waals surface area contributed by atoms with Crippen molar-refractivity contribution in [2.45, 2.75) is 33.2 Å². The van der Waals surface area contributed by atoms with Crippen LogP contribution in [-0.4, -0.2) is 21.6 Å². The maximum atomic E-state index is 12.4. The van der Waals surface area contributed by atoms with Crippen LogP contribution in [0.2, 0.25) is 5.15 Å². The van der Waals surface area contributed by atoms with E-state index in [-0.39, 0.29) is 5.91 Å². The Morgan fingerprint density at radius 3 is 2.52 bits per heavy atom. The summed E-state index contributed by atoms with van der Waals surface area (Å²) in [7, 11) is 0. The van der Waals surface area contributed by atoms with Crippen molar-refractivity contribution in [3.8, 4) is 0 Å². The zero-order valence-corrected chi connectivity index (χ0v) is 13.9. The van der Waals surface area contributed by atoms with Gasteiger partial charge in [0.05, 0.1) is 11.3 Å². The first-order valence-electron chi connectivity index (χ1n) is 7.38. The molecule has 7 heteroatoms. The van der Waals surface area contributed by atoms with Gasteiger partial charge in [-0.25, -0.2) is 0 Å². The summed E-state index contributed by atoms with van der Waals surface area (Å²) in [6, 6.07) is 6.33. The molecule has 0 radical (unpaired) electrons. The smallest absolute Gasteiger partial charge is 0.260 e. The number of nitrogens with two attached hydrogens (primary N) is 1. The SMILES string of the molecule is CCCCn1nc(C)c(C(=O)Nc2ccc(C(N)=O)cc2)c1Cl. The predicted octanol–water partition coefficient (Wildman–Crippen LogP) is 3.00. The Hall–Kier alpha value is -2.34. The number of hydrogen-bond acceptors (Lipinski definition) is 3. The van der Waals surface area contributed by atoms with E-state index in [4.69, 9.17) is 17.3 Å². The van der Waals surface area contributed by atoms with Gasteiger partial charge >= 0.3 is 0 Å².